The summed E-state index contributed by atoms with van der Waals surface area (Å²) in [6.45, 7) is 8.90. The summed E-state index contributed by atoms with van der Waals surface area (Å²) in [6, 6.07) is 9.37. The highest BCUT2D eigenvalue weighted by Gasteiger charge is 2.38. The molecule has 0 spiro atoms. The van der Waals surface area contributed by atoms with Gasteiger partial charge in [-0.3, -0.25) is 9.80 Å². The van der Waals surface area contributed by atoms with E-state index in [2.05, 4.69) is 62.2 Å². The Morgan fingerprint density at radius 3 is 1.90 bits per heavy atom. The third kappa shape index (κ3) is 11.6. The van der Waals surface area contributed by atoms with Crippen molar-refractivity contribution in [1.82, 2.24) is 24.8 Å². The summed E-state index contributed by atoms with van der Waals surface area (Å²) in [5.74, 6) is -5.51. The van der Waals surface area contributed by atoms with E-state index >= 15 is 0 Å². The molecule has 39 heavy (non-hydrogen) atoms. The van der Waals surface area contributed by atoms with Crippen molar-refractivity contribution in [3.63, 3.8) is 0 Å². The highest BCUT2D eigenvalue weighted by molar-refractivity contribution is 5.73. The quantitative estimate of drug-likeness (QED) is 0.515. The molecule has 2 saturated heterocycles. The minimum atomic E-state index is -5.08. The van der Waals surface area contributed by atoms with Gasteiger partial charge in [-0.2, -0.15) is 26.3 Å². The van der Waals surface area contributed by atoms with E-state index in [1.54, 1.807) is 0 Å². The Balaban J connectivity index is 0.000000317. The molecular weight excluding hydrogens is 536 g/mol. The van der Waals surface area contributed by atoms with Crippen LogP contribution in [0.2, 0.25) is 0 Å². The first-order valence-electron chi connectivity index (χ1n) is 12.2. The molecule has 218 valence electrons. The van der Waals surface area contributed by atoms with Crippen molar-refractivity contribution >= 4 is 11.9 Å². The second-order valence-corrected chi connectivity index (χ2v) is 9.28. The average Bonchev–Trinajstić information content (AvgIpc) is 3.52. The highest BCUT2D eigenvalue weighted by atomic mass is 19.4. The zero-order valence-electron chi connectivity index (χ0n) is 21.2. The first-order valence-corrected chi connectivity index (χ1v) is 12.2. The standard InChI is InChI=1S/C20H29N5.2C2HF3O2/c1-17-5-4-6-18(13-17)14-24-11-7-20(8-12-24)25-16-19(21-22-25)15-23-9-2-3-10-23;2*3-2(4,5)1(6)7/h4-6,13,16,20H,2-3,7-12,14-15H2,1H3;2*(H,6,7). The van der Waals surface area contributed by atoms with Crippen LogP contribution in [0.4, 0.5) is 26.3 Å². The van der Waals surface area contributed by atoms with Crippen molar-refractivity contribution in [3.05, 3.63) is 47.3 Å². The average molecular weight is 568 g/mol. The zero-order chi connectivity index (χ0) is 29.2. The van der Waals surface area contributed by atoms with Crippen molar-refractivity contribution in [3.8, 4) is 0 Å². The first-order chi connectivity index (χ1) is 18.1. The lowest BCUT2D eigenvalue weighted by Crippen LogP contribution is -2.34. The second-order valence-electron chi connectivity index (χ2n) is 9.28. The number of aryl methyl sites for hydroxylation is 1. The first kappa shape index (κ1) is 32.0. The van der Waals surface area contributed by atoms with Crippen LogP contribution in [-0.4, -0.2) is 85.5 Å². The topological polar surface area (TPSA) is 112 Å². The molecule has 9 nitrogen and oxygen atoms in total. The number of piperidine rings is 1. The lowest BCUT2D eigenvalue weighted by molar-refractivity contribution is -0.193. The van der Waals surface area contributed by atoms with Gasteiger partial charge in [0.15, 0.2) is 0 Å². The van der Waals surface area contributed by atoms with Crippen LogP contribution in [0.3, 0.4) is 0 Å². The summed E-state index contributed by atoms with van der Waals surface area (Å²) in [5.41, 5.74) is 3.90. The smallest absolute Gasteiger partial charge is 0.475 e. The molecule has 15 heteroatoms. The maximum atomic E-state index is 10.6. The van der Waals surface area contributed by atoms with Crippen LogP contribution < -0.4 is 0 Å². The minimum absolute atomic E-state index is 0.508. The van der Waals surface area contributed by atoms with Crippen molar-refractivity contribution < 1.29 is 46.1 Å². The number of carboxylic acid groups (broad SMARTS) is 2. The number of carboxylic acids is 2. The highest BCUT2D eigenvalue weighted by Crippen LogP contribution is 2.23. The third-order valence-electron chi connectivity index (χ3n) is 6.05. The predicted octanol–water partition coefficient (Wildman–Crippen LogP) is 4.29. The number of halogens is 6. The normalized spacial score (nSPS) is 17.1. The zero-order valence-corrected chi connectivity index (χ0v) is 21.2. The molecule has 0 saturated carbocycles. The van der Waals surface area contributed by atoms with Crippen LogP contribution in [0.1, 0.15) is 48.5 Å². The molecule has 0 bridgehead atoms. The van der Waals surface area contributed by atoms with Gasteiger partial charge in [0.2, 0.25) is 0 Å². The van der Waals surface area contributed by atoms with Crippen LogP contribution in [0.5, 0.6) is 0 Å². The number of benzene rings is 1. The lowest BCUT2D eigenvalue weighted by Gasteiger charge is -2.31. The van der Waals surface area contributed by atoms with Crippen LogP contribution >= 0.6 is 0 Å². The van der Waals surface area contributed by atoms with Gasteiger partial charge in [-0.05, 0) is 51.3 Å². The van der Waals surface area contributed by atoms with Gasteiger partial charge in [0.1, 0.15) is 0 Å². The second kappa shape index (κ2) is 14.3. The van der Waals surface area contributed by atoms with E-state index in [1.807, 2.05) is 0 Å². The van der Waals surface area contributed by atoms with Crippen LogP contribution in [0, 0.1) is 6.92 Å². The Labute approximate surface area is 221 Å². The van der Waals surface area contributed by atoms with Crippen molar-refractivity contribution in [2.75, 3.05) is 26.2 Å². The molecule has 2 fully saturated rings. The van der Waals surface area contributed by atoms with E-state index in [0.29, 0.717) is 6.04 Å². The van der Waals surface area contributed by atoms with Crippen molar-refractivity contribution in [2.45, 2.75) is 64.1 Å². The molecule has 2 aliphatic heterocycles. The molecule has 2 N–H and O–H groups in total. The molecule has 2 aliphatic rings. The van der Waals surface area contributed by atoms with E-state index in [-0.39, 0.29) is 0 Å². The summed E-state index contributed by atoms with van der Waals surface area (Å²) in [4.78, 5) is 22.8. The van der Waals surface area contributed by atoms with Crippen LogP contribution in [0.25, 0.3) is 0 Å². The molecule has 2 aromatic rings. The lowest BCUT2D eigenvalue weighted by atomic mass is 10.0. The third-order valence-corrected chi connectivity index (χ3v) is 6.05. The predicted molar refractivity (Wildman–Crippen MR) is 127 cm³/mol. The maximum Gasteiger partial charge on any atom is 0.490 e. The molecule has 0 amide bonds. The molecular formula is C24H31F6N5O4. The number of hydrogen-bond acceptors (Lipinski definition) is 6. The van der Waals surface area contributed by atoms with Gasteiger partial charge in [-0.15, -0.1) is 5.10 Å². The van der Waals surface area contributed by atoms with E-state index < -0.39 is 24.3 Å². The number of carbonyl (C=O) groups is 2. The monoisotopic (exact) mass is 567 g/mol. The van der Waals surface area contributed by atoms with Gasteiger partial charge in [0.25, 0.3) is 0 Å². The van der Waals surface area contributed by atoms with E-state index in [9.17, 15) is 26.3 Å². The van der Waals surface area contributed by atoms with E-state index in [0.717, 1.165) is 31.9 Å². The summed E-state index contributed by atoms with van der Waals surface area (Å²) in [6.07, 6.45) is -3.00. The number of aromatic nitrogens is 3. The largest absolute Gasteiger partial charge is 0.490 e. The molecule has 0 unspecified atom stereocenters. The number of rotatable bonds is 5. The molecule has 0 aliphatic carbocycles. The summed E-state index contributed by atoms with van der Waals surface area (Å²) < 4.78 is 65.6. The Hall–Kier alpha value is -3.20. The van der Waals surface area contributed by atoms with E-state index in [1.165, 1.54) is 49.9 Å². The fourth-order valence-electron chi connectivity index (χ4n) is 4.14. The van der Waals surface area contributed by atoms with Gasteiger partial charge in [0, 0.05) is 26.2 Å². The maximum absolute atomic E-state index is 10.6. The van der Waals surface area contributed by atoms with Gasteiger partial charge in [0.05, 0.1) is 17.9 Å². The van der Waals surface area contributed by atoms with Gasteiger partial charge >= 0.3 is 24.3 Å². The van der Waals surface area contributed by atoms with E-state index in [4.69, 9.17) is 19.8 Å². The summed E-state index contributed by atoms with van der Waals surface area (Å²) in [7, 11) is 0. The fraction of sp³-hybridized carbons (Fsp3) is 0.583. The van der Waals surface area contributed by atoms with Crippen molar-refractivity contribution in [2.24, 2.45) is 0 Å². The fourth-order valence-corrected chi connectivity index (χ4v) is 4.14. The molecule has 1 aromatic carbocycles. The number of nitrogens with zero attached hydrogens (tertiary/aromatic N) is 5. The molecule has 0 atom stereocenters. The van der Waals surface area contributed by atoms with Crippen LogP contribution in [0.15, 0.2) is 30.5 Å². The number of hydrogen-bond donors (Lipinski definition) is 2. The van der Waals surface area contributed by atoms with Crippen LogP contribution in [-0.2, 0) is 22.7 Å². The SMILES string of the molecule is Cc1cccc(CN2CCC(n3cc(CN4CCCC4)nn3)CC2)c1.O=C(O)C(F)(F)F.O=C(O)C(F)(F)F. The Kier molecular flexibility index (Phi) is 11.7. The molecule has 3 heterocycles. The van der Waals surface area contributed by atoms with Gasteiger partial charge in [-0.1, -0.05) is 35.0 Å². The molecule has 1 aromatic heterocycles. The minimum Gasteiger partial charge on any atom is -0.475 e. The number of alkyl halides is 6. The van der Waals surface area contributed by atoms with Gasteiger partial charge < -0.3 is 10.2 Å². The van der Waals surface area contributed by atoms with Gasteiger partial charge in [-0.25, -0.2) is 14.3 Å². The Morgan fingerprint density at radius 2 is 1.41 bits per heavy atom. The summed E-state index contributed by atoms with van der Waals surface area (Å²) in [5, 5.41) is 23.1. The molecule has 4 rings (SSSR count). The summed E-state index contributed by atoms with van der Waals surface area (Å²) >= 11 is 0. The van der Waals surface area contributed by atoms with Crippen molar-refractivity contribution in [1.29, 1.82) is 0 Å². The Bertz CT molecular complexity index is 1040. The molecule has 0 radical (unpaired) electrons. The number of likely N-dealkylation sites (tertiary alicyclic amines) is 2. The number of aliphatic carboxylic acids is 2. The Morgan fingerprint density at radius 1 is 0.897 bits per heavy atom.